The van der Waals surface area contributed by atoms with Crippen LogP contribution in [0.4, 0.5) is 0 Å². The molecule has 3 N–H and O–H groups in total. The van der Waals surface area contributed by atoms with Crippen LogP contribution in [0.5, 0.6) is 5.75 Å². The Morgan fingerprint density at radius 2 is 2.20 bits per heavy atom. The van der Waals surface area contributed by atoms with Crippen LogP contribution in [0.25, 0.3) is 0 Å². The Labute approximate surface area is 124 Å². The van der Waals surface area contributed by atoms with Crippen molar-refractivity contribution in [3.63, 3.8) is 0 Å². The predicted molar refractivity (Wildman–Crippen MR) is 83.0 cm³/mol. The molecule has 2 unspecified atom stereocenters. The Morgan fingerprint density at radius 3 is 2.90 bits per heavy atom. The molecule has 0 aliphatic heterocycles. The molecule has 0 aromatic heterocycles. The highest BCUT2D eigenvalue weighted by Crippen LogP contribution is 2.27. The van der Waals surface area contributed by atoms with Crippen molar-refractivity contribution < 1.29 is 9.53 Å². The Morgan fingerprint density at radius 1 is 1.45 bits per heavy atom. The average molecular weight is 292 g/mol. The van der Waals surface area contributed by atoms with Gasteiger partial charge in [0.15, 0.2) is 0 Å². The third kappa shape index (κ3) is 3.28. The zero-order valence-electron chi connectivity index (χ0n) is 11.6. The number of amides is 1. The van der Waals surface area contributed by atoms with E-state index in [1.807, 2.05) is 19.1 Å². The molecule has 0 spiro atoms. The van der Waals surface area contributed by atoms with Gasteiger partial charge in [-0.05, 0) is 31.9 Å². The summed E-state index contributed by atoms with van der Waals surface area (Å²) in [7, 11) is 0. The molecular weight excluding hydrogens is 272 g/mol. The second-order valence-electron chi connectivity index (χ2n) is 4.95. The molecular formula is C15H20N2O2S. The summed E-state index contributed by atoms with van der Waals surface area (Å²) >= 11 is 5.07. The van der Waals surface area contributed by atoms with E-state index < -0.39 is 0 Å². The number of carbonyl (C=O) groups is 1. The van der Waals surface area contributed by atoms with Gasteiger partial charge in [0, 0.05) is 12.0 Å². The zero-order valence-corrected chi connectivity index (χ0v) is 12.4. The van der Waals surface area contributed by atoms with Crippen molar-refractivity contribution in [1.82, 2.24) is 5.32 Å². The monoisotopic (exact) mass is 292 g/mol. The summed E-state index contributed by atoms with van der Waals surface area (Å²) in [5.41, 5.74) is 6.29. The molecule has 108 valence electrons. The van der Waals surface area contributed by atoms with Gasteiger partial charge in [-0.15, -0.1) is 0 Å². The van der Waals surface area contributed by atoms with Crippen LogP contribution < -0.4 is 15.8 Å². The molecule has 0 saturated heterocycles. The molecule has 1 aromatic carbocycles. The lowest BCUT2D eigenvalue weighted by Gasteiger charge is -2.20. The van der Waals surface area contributed by atoms with Crippen LogP contribution >= 0.6 is 12.2 Å². The summed E-state index contributed by atoms with van der Waals surface area (Å²) in [6.45, 7) is 2.43. The number of para-hydroxylation sites is 1. The SMILES string of the molecule is CCOc1ccccc1C(=O)NC1CCCC1C(N)=S. The molecule has 5 heteroatoms. The van der Waals surface area contributed by atoms with Crippen LogP contribution in [0.2, 0.25) is 0 Å². The van der Waals surface area contributed by atoms with Crippen molar-refractivity contribution in [2.24, 2.45) is 11.7 Å². The van der Waals surface area contributed by atoms with Gasteiger partial charge < -0.3 is 15.8 Å². The number of nitrogens with two attached hydrogens (primary N) is 1. The molecule has 1 saturated carbocycles. The lowest BCUT2D eigenvalue weighted by atomic mass is 10.0. The van der Waals surface area contributed by atoms with E-state index in [1.165, 1.54) is 0 Å². The highest BCUT2D eigenvalue weighted by atomic mass is 32.1. The van der Waals surface area contributed by atoms with Gasteiger partial charge in [0.2, 0.25) is 0 Å². The fraction of sp³-hybridized carbons (Fsp3) is 0.467. The largest absolute Gasteiger partial charge is 0.493 e. The second-order valence-corrected chi connectivity index (χ2v) is 5.42. The van der Waals surface area contributed by atoms with Crippen molar-refractivity contribution in [3.05, 3.63) is 29.8 Å². The van der Waals surface area contributed by atoms with Gasteiger partial charge >= 0.3 is 0 Å². The molecule has 1 fully saturated rings. The van der Waals surface area contributed by atoms with Crippen LogP contribution in [0.15, 0.2) is 24.3 Å². The molecule has 1 aromatic rings. The first kappa shape index (κ1) is 14.8. The zero-order chi connectivity index (χ0) is 14.5. The van der Waals surface area contributed by atoms with Crippen molar-refractivity contribution >= 4 is 23.1 Å². The van der Waals surface area contributed by atoms with E-state index in [9.17, 15) is 4.79 Å². The molecule has 0 heterocycles. The minimum atomic E-state index is -0.123. The fourth-order valence-electron chi connectivity index (χ4n) is 2.66. The normalized spacial score (nSPS) is 21.4. The highest BCUT2D eigenvalue weighted by Gasteiger charge is 2.31. The Kier molecular flexibility index (Phi) is 4.95. The number of benzene rings is 1. The molecule has 1 aliphatic carbocycles. The molecule has 1 amide bonds. The molecule has 2 atom stereocenters. The number of nitrogens with one attached hydrogen (secondary N) is 1. The highest BCUT2D eigenvalue weighted by molar-refractivity contribution is 7.80. The first-order chi connectivity index (χ1) is 9.63. The Hall–Kier alpha value is -1.62. The van der Waals surface area contributed by atoms with Gasteiger partial charge in [-0.25, -0.2) is 0 Å². The second kappa shape index (κ2) is 6.70. The van der Waals surface area contributed by atoms with E-state index in [0.29, 0.717) is 22.9 Å². The number of rotatable bonds is 5. The summed E-state index contributed by atoms with van der Waals surface area (Å²) in [6.07, 6.45) is 2.91. The van der Waals surface area contributed by atoms with Gasteiger partial charge in [0.25, 0.3) is 5.91 Å². The number of thiocarbonyl (C=S) groups is 1. The number of hydrogen-bond donors (Lipinski definition) is 2. The summed E-state index contributed by atoms with van der Waals surface area (Å²) in [6, 6.07) is 7.30. The maximum atomic E-state index is 12.4. The summed E-state index contributed by atoms with van der Waals surface area (Å²) < 4.78 is 5.49. The van der Waals surface area contributed by atoms with Crippen LogP contribution in [0.3, 0.4) is 0 Å². The molecule has 0 radical (unpaired) electrons. The van der Waals surface area contributed by atoms with E-state index in [-0.39, 0.29) is 17.9 Å². The minimum Gasteiger partial charge on any atom is -0.493 e. The Balaban J connectivity index is 2.10. The topological polar surface area (TPSA) is 64.3 Å². The summed E-state index contributed by atoms with van der Waals surface area (Å²) in [5, 5.41) is 3.04. The lowest BCUT2D eigenvalue weighted by Crippen LogP contribution is -2.41. The van der Waals surface area contributed by atoms with Crippen LogP contribution in [0, 0.1) is 5.92 Å². The standard InChI is InChI=1S/C15H20N2O2S/c1-2-19-13-9-4-3-6-11(13)15(18)17-12-8-5-7-10(12)14(16)20/h3-4,6,9-10,12H,2,5,7-8H2,1H3,(H2,16,20)(H,17,18). The van der Waals surface area contributed by atoms with Gasteiger partial charge in [-0.3, -0.25) is 4.79 Å². The fourth-order valence-corrected chi connectivity index (χ4v) is 2.94. The molecule has 2 rings (SSSR count). The van der Waals surface area contributed by atoms with Crippen LogP contribution in [-0.2, 0) is 0 Å². The van der Waals surface area contributed by atoms with Gasteiger partial charge in [-0.1, -0.05) is 30.8 Å². The van der Waals surface area contributed by atoms with Gasteiger partial charge in [0.1, 0.15) is 5.75 Å². The van der Waals surface area contributed by atoms with Gasteiger partial charge in [0.05, 0.1) is 17.2 Å². The maximum absolute atomic E-state index is 12.4. The molecule has 0 bridgehead atoms. The molecule has 20 heavy (non-hydrogen) atoms. The van der Waals surface area contributed by atoms with E-state index in [4.69, 9.17) is 22.7 Å². The lowest BCUT2D eigenvalue weighted by molar-refractivity contribution is 0.0930. The predicted octanol–water partition coefficient (Wildman–Crippen LogP) is 2.27. The van der Waals surface area contributed by atoms with E-state index in [1.54, 1.807) is 12.1 Å². The van der Waals surface area contributed by atoms with Crippen molar-refractivity contribution in [2.45, 2.75) is 32.2 Å². The van der Waals surface area contributed by atoms with Crippen LogP contribution in [0.1, 0.15) is 36.5 Å². The van der Waals surface area contributed by atoms with E-state index >= 15 is 0 Å². The quantitative estimate of drug-likeness (QED) is 0.817. The summed E-state index contributed by atoms with van der Waals surface area (Å²) in [5.74, 6) is 0.591. The Bertz CT molecular complexity index is 504. The average Bonchev–Trinajstić information content (AvgIpc) is 2.88. The summed E-state index contributed by atoms with van der Waals surface area (Å²) in [4.78, 5) is 12.9. The number of hydrogen-bond acceptors (Lipinski definition) is 3. The smallest absolute Gasteiger partial charge is 0.255 e. The molecule has 1 aliphatic rings. The van der Waals surface area contributed by atoms with Crippen molar-refractivity contribution in [3.8, 4) is 5.75 Å². The van der Waals surface area contributed by atoms with Crippen molar-refractivity contribution in [2.75, 3.05) is 6.61 Å². The van der Waals surface area contributed by atoms with Crippen molar-refractivity contribution in [1.29, 1.82) is 0 Å². The first-order valence-corrected chi connectivity index (χ1v) is 7.36. The van der Waals surface area contributed by atoms with Gasteiger partial charge in [-0.2, -0.15) is 0 Å². The third-order valence-corrected chi connectivity index (χ3v) is 3.93. The minimum absolute atomic E-state index is 0.0367. The number of carbonyl (C=O) groups excluding carboxylic acids is 1. The van der Waals surface area contributed by atoms with E-state index in [0.717, 1.165) is 19.3 Å². The number of ether oxygens (including phenoxy) is 1. The molecule has 4 nitrogen and oxygen atoms in total. The first-order valence-electron chi connectivity index (χ1n) is 6.95. The van der Waals surface area contributed by atoms with E-state index in [2.05, 4.69) is 5.32 Å². The van der Waals surface area contributed by atoms with Crippen LogP contribution in [-0.4, -0.2) is 23.5 Å². The maximum Gasteiger partial charge on any atom is 0.255 e. The third-order valence-electron chi connectivity index (χ3n) is 3.63.